The van der Waals surface area contributed by atoms with Crippen LogP contribution in [-0.2, 0) is 6.42 Å². The third kappa shape index (κ3) is 6.38. The lowest BCUT2D eigenvalue weighted by Gasteiger charge is -2.19. The van der Waals surface area contributed by atoms with Crippen LogP contribution in [0.4, 0.5) is 0 Å². The third-order valence-corrected chi connectivity index (χ3v) is 4.84. The second-order valence-electron chi connectivity index (χ2n) is 5.15. The van der Waals surface area contributed by atoms with Gasteiger partial charge in [-0.2, -0.15) is 0 Å². The van der Waals surface area contributed by atoms with Crippen LogP contribution in [0.3, 0.4) is 0 Å². The molecule has 0 aliphatic carbocycles. The first-order chi connectivity index (χ1) is 11.0. The summed E-state index contributed by atoms with van der Waals surface area (Å²) in [5, 5.41) is 9.02. The zero-order chi connectivity index (χ0) is 16.8. The van der Waals surface area contributed by atoms with E-state index in [1.54, 1.807) is 24.5 Å². The number of hydrogen-bond acceptors (Lipinski definition) is 3. The highest BCUT2D eigenvalue weighted by molar-refractivity contribution is 14.0. The van der Waals surface area contributed by atoms with Crippen molar-refractivity contribution in [3.8, 4) is 0 Å². The smallest absolute Gasteiger partial charge is 0.191 e. The molecule has 1 aromatic carbocycles. The second-order valence-corrected chi connectivity index (χ2v) is 7.31. The molecule has 0 aliphatic rings. The van der Waals surface area contributed by atoms with Crippen LogP contribution in [0.1, 0.15) is 28.4 Å². The fourth-order valence-electron chi connectivity index (χ4n) is 2.13. The third-order valence-electron chi connectivity index (χ3n) is 3.31. The van der Waals surface area contributed by atoms with E-state index < -0.39 is 0 Å². The largest absolute Gasteiger partial charge is 0.356 e. The Morgan fingerprint density at radius 3 is 2.71 bits per heavy atom. The van der Waals surface area contributed by atoms with Gasteiger partial charge in [0.1, 0.15) is 0 Å². The van der Waals surface area contributed by atoms with Crippen molar-refractivity contribution in [3.05, 3.63) is 49.9 Å². The molecular weight excluding hydrogens is 478 g/mol. The van der Waals surface area contributed by atoms with Gasteiger partial charge in [-0.15, -0.1) is 35.3 Å². The Hall–Kier alpha value is -0.570. The van der Waals surface area contributed by atoms with E-state index in [1.807, 2.05) is 25.3 Å². The molecule has 0 saturated heterocycles. The minimum Gasteiger partial charge on any atom is -0.356 e. The molecule has 0 amide bonds. The van der Waals surface area contributed by atoms with Crippen LogP contribution in [0.25, 0.3) is 0 Å². The van der Waals surface area contributed by atoms with Crippen molar-refractivity contribution in [1.82, 2.24) is 15.6 Å². The maximum Gasteiger partial charge on any atom is 0.191 e. The van der Waals surface area contributed by atoms with Gasteiger partial charge < -0.3 is 10.6 Å². The van der Waals surface area contributed by atoms with Gasteiger partial charge in [0.05, 0.1) is 11.0 Å². The molecule has 8 heteroatoms. The van der Waals surface area contributed by atoms with Crippen LogP contribution in [0.2, 0.25) is 10.0 Å². The molecule has 2 rings (SSSR count). The van der Waals surface area contributed by atoms with E-state index in [2.05, 4.69) is 27.5 Å². The summed E-state index contributed by atoms with van der Waals surface area (Å²) in [6, 6.07) is 5.53. The molecule has 0 saturated carbocycles. The molecule has 4 nitrogen and oxygen atoms in total. The van der Waals surface area contributed by atoms with Crippen molar-refractivity contribution in [2.45, 2.75) is 26.3 Å². The molecule has 2 aromatic rings. The highest BCUT2D eigenvalue weighted by Gasteiger charge is 2.11. The summed E-state index contributed by atoms with van der Waals surface area (Å²) in [7, 11) is 1.75. The topological polar surface area (TPSA) is 49.3 Å². The van der Waals surface area contributed by atoms with Crippen molar-refractivity contribution in [2.24, 2.45) is 4.99 Å². The maximum absolute atomic E-state index is 6.25. The number of nitrogens with zero attached hydrogens (tertiary/aromatic N) is 2. The number of aliphatic imine (C=N–C) groups is 1. The molecule has 2 N–H and O–H groups in total. The standard InChI is InChI=1S/C16H20Cl2N4S.HI/c1-10-9-21-15(23-10)6-7-20-16(19-3)22-11(2)13-5-4-12(17)8-14(13)18;/h4-5,8-9,11H,6-7H2,1-3H3,(H2,19,20,22);1H. The molecule has 0 aliphatic heterocycles. The van der Waals surface area contributed by atoms with E-state index in [4.69, 9.17) is 23.2 Å². The summed E-state index contributed by atoms with van der Waals surface area (Å²) in [5.74, 6) is 0.733. The molecule has 1 unspecified atom stereocenters. The van der Waals surface area contributed by atoms with Gasteiger partial charge >= 0.3 is 0 Å². The van der Waals surface area contributed by atoms with Crippen LogP contribution in [0.5, 0.6) is 0 Å². The number of halogens is 3. The number of rotatable bonds is 5. The summed E-state index contributed by atoms with van der Waals surface area (Å²) < 4.78 is 0. The molecule has 0 spiro atoms. The Balaban J connectivity index is 0.00000288. The van der Waals surface area contributed by atoms with Crippen LogP contribution >= 0.6 is 58.5 Å². The Morgan fingerprint density at radius 1 is 1.38 bits per heavy atom. The van der Waals surface area contributed by atoms with Gasteiger partial charge in [-0.1, -0.05) is 29.3 Å². The normalized spacial score (nSPS) is 12.5. The van der Waals surface area contributed by atoms with Gasteiger partial charge in [0.15, 0.2) is 5.96 Å². The maximum atomic E-state index is 6.25. The first-order valence-corrected chi connectivity index (χ1v) is 8.90. The van der Waals surface area contributed by atoms with Crippen molar-refractivity contribution >= 4 is 64.5 Å². The quantitative estimate of drug-likeness (QED) is 0.352. The number of guanidine groups is 1. The SMILES string of the molecule is CN=C(NCCc1ncc(C)s1)NC(C)c1ccc(Cl)cc1Cl.I. The first kappa shape index (κ1) is 21.5. The number of benzene rings is 1. The number of hydrogen-bond donors (Lipinski definition) is 2. The first-order valence-electron chi connectivity index (χ1n) is 7.33. The monoisotopic (exact) mass is 498 g/mol. The number of aromatic nitrogens is 1. The fraction of sp³-hybridized carbons (Fsp3) is 0.375. The summed E-state index contributed by atoms with van der Waals surface area (Å²) in [6.45, 7) is 4.87. The minimum atomic E-state index is 0. The van der Waals surface area contributed by atoms with Crippen molar-refractivity contribution < 1.29 is 0 Å². The average molecular weight is 499 g/mol. The van der Waals surface area contributed by atoms with Gasteiger partial charge in [0.2, 0.25) is 0 Å². The highest BCUT2D eigenvalue weighted by atomic mass is 127. The molecule has 1 aromatic heterocycles. The van der Waals surface area contributed by atoms with Crippen molar-refractivity contribution in [2.75, 3.05) is 13.6 Å². The van der Waals surface area contributed by atoms with Crippen LogP contribution < -0.4 is 10.6 Å². The van der Waals surface area contributed by atoms with Crippen molar-refractivity contribution in [3.63, 3.8) is 0 Å². The molecule has 1 heterocycles. The lowest BCUT2D eigenvalue weighted by molar-refractivity contribution is 0.684. The zero-order valence-electron chi connectivity index (χ0n) is 13.8. The summed E-state index contributed by atoms with van der Waals surface area (Å²) in [4.78, 5) is 9.83. The Bertz CT molecular complexity index is 690. The zero-order valence-corrected chi connectivity index (χ0v) is 18.4. The lowest BCUT2D eigenvalue weighted by Crippen LogP contribution is -2.39. The van der Waals surface area contributed by atoms with E-state index in [-0.39, 0.29) is 30.0 Å². The Kier molecular flexibility index (Phi) is 9.33. The summed E-state index contributed by atoms with van der Waals surface area (Å²) in [5.41, 5.74) is 0.981. The summed E-state index contributed by atoms with van der Waals surface area (Å²) in [6.07, 6.45) is 2.77. The molecule has 0 bridgehead atoms. The fourth-order valence-corrected chi connectivity index (χ4v) is 3.49. The van der Waals surface area contributed by atoms with Gasteiger partial charge in [-0.3, -0.25) is 4.99 Å². The molecule has 0 fully saturated rings. The van der Waals surface area contributed by atoms with E-state index in [9.17, 15) is 0 Å². The van der Waals surface area contributed by atoms with E-state index >= 15 is 0 Å². The minimum absolute atomic E-state index is 0. The number of aryl methyl sites for hydroxylation is 1. The molecule has 132 valence electrons. The van der Waals surface area contributed by atoms with Crippen LogP contribution in [0, 0.1) is 6.92 Å². The van der Waals surface area contributed by atoms with E-state index in [0.717, 1.165) is 29.5 Å². The lowest BCUT2D eigenvalue weighted by atomic mass is 10.1. The van der Waals surface area contributed by atoms with E-state index in [1.165, 1.54) is 4.88 Å². The van der Waals surface area contributed by atoms with Gasteiger partial charge in [0, 0.05) is 41.1 Å². The Morgan fingerprint density at radius 2 is 2.12 bits per heavy atom. The van der Waals surface area contributed by atoms with E-state index in [0.29, 0.717) is 10.0 Å². The van der Waals surface area contributed by atoms with Gasteiger partial charge in [-0.25, -0.2) is 4.98 Å². The molecule has 0 radical (unpaired) electrons. The van der Waals surface area contributed by atoms with Gasteiger partial charge in [-0.05, 0) is 31.5 Å². The number of thiazole rings is 1. The van der Waals surface area contributed by atoms with Crippen LogP contribution in [0.15, 0.2) is 29.4 Å². The predicted molar refractivity (Wildman–Crippen MR) is 115 cm³/mol. The summed E-state index contributed by atoms with van der Waals surface area (Å²) >= 11 is 13.9. The van der Waals surface area contributed by atoms with Crippen LogP contribution in [-0.4, -0.2) is 24.5 Å². The second kappa shape index (κ2) is 10.4. The predicted octanol–water partition coefficient (Wildman–Crippen LogP) is 4.85. The average Bonchev–Trinajstić information content (AvgIpc) is 2.91. The molecule has 24 heavy (non-hydrogen) atoms. The number of nitrogens with one attached hydrogen (secondary N) is 2. The highest BCUT2D eigenvalue weighted by Crippen LogP contribution is 2.25. The Labute approximate surface area is 174 Å². The molecule has 1 atom stereocenters. The molecular formula is C16H21Cl2IN4S. The van der Waals surface area contributed by atoms with Crippen molar-refractivity contribution in [1.29, 1.82) is 0 Å². The van der Waals surface area contributed by atoms with Gasteiger partial charge in [0.25, 0.3) is 0 Å².